The normalized spacial score (nSPS) is 13.6. The molecule has 0 aromatic heterocycles. The van der Waals surface area contributed by atoms with E-state index >= 15 is 0 Å². The summed E-state index contributed by atoms with van der Waals surface area (Å²) in [5.41, 5.74) is 3.92. The molecule has 0 aliphatic carbocycles. The molecule has 0 fully saturated rings. The fourth-order valence-electron chi connectivity index (χ4n) is 2.96. The number of hydrogen-bond donors (Lipinski definition) is 3. The highest BCUT2D eigenvalue weighted by atomic mass is 16.2. The van der Waals surface area contributed by atoms with E-state index in [4.69, 9.17) is 0 Å². The van der Waals surface area contributed by atoms with Gasteiger partial charge in [0.05, 0.1) is 11.4 Å². The lowest BCUT2D eigenvalue weighted by molar-refractivity contribution is -0.115. The van der Waals surface area contributed by atoms with Crippen molar-refractivity contribution in [3.05, 3.63) is 53.6 Å². The lowest BCUT2D eigenvalue weighted by Crippen LogP contribution is -2.19. The van der Waals surface area contributed by atoms with Crippen LogP contribution >= 0.6 is 0 Å². The van der Waals surface area contributed by atoms with Gasteiger partial charge in [0.25, 0.3) is 5.91 Å². The summed E-state index contributed by atoms with van der Waals surface area (Å²) in [5, 5.41) is 9.13. The number of nitrogens with one attached hydrogen (secondary N) is 3. The maximum absolute atomic E-state index is 12.7. The van der Waals surface area contributed by atoms with Crippen molar-refractivity contribution in [3.63, 3.8) is 0 Å². The zero-order valence-corrected chi connectivity index (χ0v) is 15.1. The molecule has 2 aromatic rings. The second-order valence-electron chi connectivity index (χ2n) is 6.34. The summed E-state index contributed by atoms with van der Waals surface area (Å²) >= 11 is 0. The van der Waals surface area contributed by atoms with Gasteiger partial charge in [-0.1, -0.05) is 25.1 Å². The highest BCUT2D eigenvalue weighted by Gasteiger charge is 2.18. The van der Waals surface area contributed by atoms with E-state index in [1.54, 1.807) is 12.1 Å². The Hall–Kier alpha value is -2.86. The molecule has 6 heteroatoms. The number of carbonyl (C=O) groups excluding carboxylic acids is 2. The smallest absolute Gasteiger partial charge is 0.255 e. The number of anilines is 3. The molecule has 136 valence electrons. The Morgan fingerprint density at radius 2 is 2.04 bits per heavy atom. The van der Waals surface area contributed by atoms with Crippen LogP contribution in [0.2, 0.25) is 0 Å². The predicted octanol–water partition coefficient (Wildman–Crippen LogP) is 2.83. The topological polar surface area (TPSA) is 73.5 Å². The predicted molar refractivity (Wildman–Crippen MR) is 105 cm³/mol. The Morgan fingerprint density at radius 3 is 2.85 bits per heavy atom. The molecule has 6 nitrogen and oxygen atoms in total. The standard InChI is InChI=1S/C20H24N4O2/c1-3-21-13-15-6-4-5-7-16(15)23-20(26)14-8-9-18-17(12-14)22-19(25)10-11-24(18)2/h4-9,12,21H,3,10-11,13H2,1-2H3,(H,22,25)(H,23,26). The number of amides is 2. The molecule has 1 aliphatic rings. The van der Waals surface area contributed by atoms with Crippen molar-refractivity contribution in [2.24, 2.45) is 0 Å². The summed E-state index contributed by atoms with van der Waals surface area (Å²) in [6, 6.07) is 13.1. The number of hydrogen-bond acceptors (Lipinski definition) is 4. The third-order valence-electron chi connectivity index (χ3n) is 4.45. The summed E-state index contributed by atoms with van der Waals surface area (Å²) in [4.78, 5) is 26.6. The lowest BCUT2D eigenvalue weighted by Gasteiger charge is -2.19. The van der Waals surface area contributed by atoms with Crippen LogP contribution in [-0.2, 0) is 11.3 Å². The van der Waals surface area contributed by atoms with Gasteiger partial charge in [0.15, 0.2) is 0 Å². The minimum absolute atomic E-state index is 0.0378. The Bertz CT molecular complexity index is 819. The molecule has 2 aromatic carbocycles. The van der Waals surface area contributed by atoms with Crippen molar-refractivity contribution in [2.45, 2.75) is 19.9 Å². The van der Waals surface area contributed by atoms with Gasteiger partial charge >= 0.3 is 0 Å². The van der Waals surface area contributed by atoms with Crippen molar-refractivity contribution in [3.8, 4) is 0 Å². The van der Waals surface area contributed by atoms with Gasteiger partial charge in [-0.25, -0.2) is 0 Å². The first-order valence-corrected chi connectivity index (χ1v) is 8.83. The van der Waals surface area contributed by atoms with E-state index < -0.39 is 0 Å². The summed E-state index contributed by atoms with van der Waals surface area (Å²) < 4.78 is 0. The van der Waals surface area contributed by atoms with E-state index in [0.29, 0.717) is 30.8 Å². The largest absolute Gasteiger partial charge is 0.372 e. The minimum atomic E-state index is -0.196. The number of nitrogens with zero attached hydrogens (tertiary/aromatic N) is 1. The summed E-state index contributed by atoms with van der Waals surface area (Å²) in [5.74, 6) is -0.234. The molecular formula is C20H24N4O2. The van der Waals surface area contributed by atoms with Gasteiger partial charge in [0.2, 0.25) is 5.91 Å². The van der Waals surface area contributed by atoms with Crippen LogP contribution in [0.1, 0.15) is 29.3 Å². The molecule has 0 bridgehead atoms. The van der Waals surface area contributed by atoms with Gasteiger partial charge in [0, 0.05) is 37.8 Å². The number of benzene rings is 2. The highest BCUT2D eigenvalue weighted by molar-refractivity contribution is 6.07. The highest BCUT2D eigenvalue weighted by Crippen LogP contribution is 2.29. The zero-order chi connectivity index (χ0) is 18.5. The summed E-state index contributed by atoms with van der Waals surface area (Å²) in [7, 11) is 1.94. The minimum Gasteiger partial charge on any atom is -0.372 e. The summed E-state index contributed by atoms with van der Waals surface area (Å²) in [6.45, 7) is 4.25. The molecule has 0 saturated carbocycles. The third-order valence-corrected chi connectivity index (χ3v) is 4.45. The van der Waals surface area contributed by atoms with Gasteiger partial charge < -0.3 is 20.9 Å². The Labute approximate surface area is 153 Å². The van der Waals surface area contributed by atoms with Gasteiger partial charge in [-0.2, -0.15) is 0 Å². The van der Waals surface area contributed by atoms with E-state index in [1.165, 1.54) is 0 Å². The Morgan fingerprint density at radius 1 is 1.23 bits per heavy atom. The zero-order valence-electron chi connectivity index (χ0n) is 15.1. The first-order chi connectivity index (χ1) is 12.6. The molecular weight excluding hydrogens is 328 g/mol. The van der Waals surface area contributed by atoms with Crippen LogP contribution < -0.4 is 20.9 Å². The average molecular weight is 352 g/mol. The monoisotopic (exact) mass is 352 g/mol. The maximum Gasteiger partial charge on any atom is 0.255 e. The average Bonchev–Trinajstić information content (AvgIpc) is 2.79. The van der Waals surface area contributed by atoms with Gasteiger partial charge in [-0.15, -0.1) is 0 Å². The van der Waals surface area contributed by atoms with E-state index in [-0.39, 0.29) is 11.8 Å². The fourth-order valence-corrected chi connectivity index (χ4v) is 2.96. The number of rotatable bonds is 5. The van der Waals surface area contributed by atoms with Crippen LogP contribution in [-0.4, -0.2) is 32.0 Å². The second-order valence-corrected chi connectivity index (χ2v) is 6.34. The first-order valence-electron chi connectivity index (χ1n) is 8.83. The van der Waals surface area contributed by atoms with Crippen LogP contribution in [0.3, 0.4) is 0 Å². The molecule has 3 N–H and O–H groups in total. The van der Waals surface area contributed by atoms with Gasteiger partial charge in [-0.3, -0.25) is 9.59 Å². The first kappa shape index (κ1) is 17.9. The molecule has 1 aliphatic heterocycles. The van der Waals surface area contributed by atoms with E-state index in [2.05, 4.69) is 16.0 Å². The van der Waals surface area contributed by atoms with E-state index in [9.17, 15) is 9.59 Å². The third kappa shape index (κ3) is 4.03. The Balaban J connectivity index is 1.82. The van der Waals surface area contributed by atoms with Gasteiger partial charge in [0.1, 0.15) is 0 Å². The van der Waals surface area contributed by atoms with Crippen LogP contribution in [0, 0.1) is 0 Å². The molecule has 1 heterocycles. The maximum atomic E-state index is 12.7. The molecule has 0 spiro atoms. The van der Waals surface area contributed by atoms with E-state index in [1.807, 2.05) is 49.2 Å². The molecule has 2 amide bonds. The fraction of sp³-hybridized carbons (Fsp3) is 0.300. The molecule has 0 unspecified atom stereocenters. The van der Waals surface area contributed by atoms with Crippen LogP contribution in [0.5, 0.6) is 0 Å². The van der Waals surface area contributed by atoms with Crippen LogP contribution in [0.25, 0.3) is 0 Å². The number of para-hydroxylation sites is 1. The van der Waals surface area contributed by atoms with Crippen molar-refractivity contribution in [2.75, 3.05) is 35.7 Å². The number of carbonyl (C=O) groups is 2. The SMILES string of the molecule is CCNCc1ccccc1NC(=O)c1ccc2c(c1)NC(=O)CCN2C. The van der Waals surface area contributed by atoms with E-state index in [0.717, 1.165) is 23.5 Å². The van der Waals surface area contributed by atoms with Crippen molar-refractivity contribution < 1.29 is 9.59 Å². The van der Waals surface area contributed by atoms with Crippen molar-refractivity contribution in [1.82, 2.24) is 5.32 Å². The van der Waals surface area contributed by atoms with Gasteiger partial charge in [-0.05, 0) is 36.4 Å². The molecule has 3 rings (SSSR count). The molecule has 26 heavy (non-hydrogen) atoms. The van der Waals surface area contributed by atoms with Crippen molar-refractivity contribution in [1.29, 1.82) is 0 Å². The Kier molecular flexibility index (Phi) is 5.53. The quantitative estimate of drug-likeness (QED) is 0.774. The summed E-state index contributed by atoms with van der Waals surface area (Å²) in [6.07, 6.45) is 0.435. The van der Waals surface area contributed by atoms with Crippen molar-refractivity contribution >= 4 is 28.9 Å². The molecule has 0 saturated heterocycles. The van der Waals surface area contributed by atoms with Crippen LogP contribution in [0.15, 0.2) is 42.5 Å². The second kappa shape index (κ2) is 8.01. The number of fused-ring (bicyclic) bond motifs is 1. The van der Waals surface area contributed by atoms with Crippen LogP contribution in [0.4, 0.5) is 17.1 Å². The lowest BCUT2D eigenvalue weighted by atomic mass is 10.1. The molecule has 0 atom stereocenters. The molecule has 0 radical (unpaired) electrons.